The van der Waals surface area contributed by atoms with E-state index in [-0.39, 0.29) is 5.97 Å². The third-order valence-electron chi connectivity index (χ3n) is 6.82. The number of carbonyl (C=O) groups excluding carboxylic acids is 1. The number of ether oxygens (including phenoxy) is 1. The fourth-order valence-electron chi connectivity index (χ4n) is 5.06. The highest BCUT2D eigenvalue weighted by atomic mass is 32.1. The third-order valence-corrected chi connectivity index (χ3v) is 7.89. The maximum atomic E-state index is 12.9. The van der Waals surface area contributed by atoms with Crippen molar-refractivity contribution >= 4 is 17.3 Å². The van der Waals surface area contributed by atoms with Crippen molar-refractivity contribution in [2.75, 3.05) is 0 Å². The smallest absolute Gasteiger partial charge is 0.338 e. The number of carbonyl (C=O) groups is 1. The van der Waals surface area contributed by atoms with Crippen molar-refractivity contribution in [2.45, 2.75) is 73.7 Å². The summed E-state index contributed by atoms with van der Waals surface area (Å²) in [5, 5.41) is 0.882. The Hall–Kier alpha value is -4.27. The van der Waals surface area contributed by atoms with Gasteiger partial charge in [-0.25, -0.2) is 14.8 Å². The van der Waals surface area contributed by atoms with Crippen LogP contribution in [-0.4, -0.2) is 36.4 Å². The van der Waals surface area contributed by atoms with Crippen LogP contribution < -0.4 is 0 Å². The van der Waals surface area contributed by atoms with E-state index in [9.17, 15) is 4.79 Å². The molecule has 0 unspecified atom stereocenters. The first-order valence-electron chi connectivity index (χ1n) is 14.8. The predicted molar refractivity (Wildman–Crippen MR) is 176 cm³/mol. The first kappa shape index (κ1) is 31.2. The van der Waals surface area contributed by atoms with Crippen LogP contribution in [0.25, 0.3) is 21.1 Å². The van der Waals surface area contributed by atoms with Crippen LogP contribution in [0, 0.1) is 27.7 Å². The van der Waals surface area contributed by atoms with Crippen LogP contribution in [0.3, 0.4) is 0 Å². The highest BCUT2D eigenvalue weighted by Gasteiger charge is 2.20. The molecule has 1 aromatic carbocycles. The number of nitrogens with zero attached hydrogens (tertiary/aromatic N) is 5. The highest BCUT2D eigenvalue weighted by Crippen LogP contribution is 2.31. The largest absolute Gasteiger partial charge is 0.456 e. The Morgan fingerprint density at radius 3 is 2.11 bits per heavy atom. The molecule has 0 aliphatic carbocycles. The number of aromatic nitrogens is 4. The summed E-state index contributed by atoms with van der Waals surface area (Å²) < 4.78 is 5.64. The summed E-state index contributed by atoms with van der Waals surface area (Å²) in [6.07, 6.45) is 1.92. The second-order valence-electron chi connectivity index (χ2n) is 12.3. The van der Waals surface area contributed by atoms with Crippen molar-refractivity contribution in [3.63, 3.8) is 0 Å². The minimum Gasteiger partial charge on any atom is -0.456 e. The lowest BCUT2D eigenvalue weighted by Gasteiger charge is -2.23. The van der Waals surface area contributed by atoms with Gasteiger partial charge in [0, 0.05) is 37.2 Å². The van der Waals surface area contributed by atoms with Crippen LogP contribution in [0.1, 0.15) is 70.7 Å². The van der Waals surface area contributed by atoms with E-state index in [1.165, 1.54) is 11.1 Å². The molecular formula is C36H39N5O2S. The van der Waals surface area contributed by atoms with E-state index in [2.05, 4.69) is 55.1 Å². The number of rotatable bonds is 9. The Bertz CT molecular complexity index is 1750. The quantitative estimate of drug-likeness (QED) is 0.157. The molecule has 0 aliphatic heterocycles. The molecule has 0 radical (unpaired) electrons. The number of esters is 1. The average Bonchev–Trinajstić information content (AvgIpc) is 3.42. The Morgan fingerprint density at radius 2 is 1.43 bits per heavy atom. The molecule has 44 heavy (non-hydrogen) atoms. The van der Waals surface area contributed by atoms with Crippen molar-refractivity contribution in [1.82, 2.24) is 24.8 Å². The fourth-order valence-corrected chi connectivity index (χ4v) is 5.96. The number of thiazole rings is 1. The molecule has 0 amide bonds. The summed E-state index contributed by atoms with van der Waals surface area (Å²) in [6.45, 7) is 15.4. The Balaban J connectivity index is 1.42. The summed E-state index contributed by atoms with van der Waals surface area (Å²) in [4.78, 5) is 35.6. The van der Waals surface area contributed by atoms with Gasteiger partial charge in [-0.2, -0.15) is 0 Å². The van der Waals surface area contributed by atoms with Gasteiger partial charge in [-0.3, -0.25) is 14.9 Å². The second-order valence-corrected chi connectivity index (χ2v) is 13.4. The Kier molecular flexibility index (Phi) is 9.32. The van der Waals surface area contributed by atoms with Gasteiger partial charge in [0.15, 0.2) is 0 Å². The summed E-state index contributed by atoms with van der Waals surface area (Å²) in [5.41, 5.74) is 8.74. The van der Waals surface area contributed by atoms with Gasteiger partial charge in [-0.05, 0) is 96.0 Å². The summed E-state index contributed by atoms with van der Waals surface area (Å²) >= 11 is 1.64. The molecular weight excluding hydrogens is 566 g/mol. The standard InChI is InChI=1S/C36H39N5O2S/c1-23-11-13-27(14-12-23)33-19-37-34(44-33)32-10-8-9-29(40-32)20-41(21-30-16-24(2)15-25(3)38-30)22-31-18-28(17-26(4)39-31)35(42)43-36(5,6)7/h8-19H,20-22H2,1-7H3. The molecule has 0 N–H and O–H groups in total. The van der Waals surface area contributed by atoms with Crippen LogP contribution in [0.4, 0.5) is 0 Å². The highest BCUT2D eigenvalue weighted by molar-refractivity contribution is 7.18. The molecule has 0 spiro atoms. The number of hydrogen-bond acceptors (Lipinski definition) is 8. The lowest BCUT2D eigenvalue weighted by molar-refractivity contribution is 0.00689. The third kappa shape index (κ3) is 8.42. The molecule has 4 heterocycles. The van der Waals surface area contributed by atoms with Gasteiger partial charge in [0.05, 0.1) is 33.2 Å². The first-order chi connectivity index (χ1) is 20.9. The zero-order valence-corrected chi connectivity index (χ0v) is 27.3. The van der Waals surface area contributed by atoms with Crippen molar-refractivity contribution in [3.05, 3.63) is 118 Å². The summed E-state index contributed by atoms with van der Waals surface area (Å²) in [6, 6.07) is 22.4. The molecule has 7 nitrogen and oxygen atoms in total. The SMILES string of the molecule is Cc1ccc(-c2cnc(-c3cccc(CN(Cc4cc(C)cc(C)n4)Cc4cc(C(=O)OC(C)(C)C)cc(C)n4)n3)s2)cc1. The van der Waals surface area contributed by atoms with Crippen molar-refractivity contribution < 1.29 is 9.53 Å². The molecule has 0 fully saturated rings. The van der Waals surface area contributed by atoms with E-state index >= 15 is 0 Å². The Labute approximate surface area is 264 Å². The van der Waals surface area contributed by atoms with E-state index in [0.717, 1.165) is 49.6 Å². The number of benzene rings is 1. The molecule has 0 saturated heterocycles. The van der Waals surface area contributed by atoms with Crippen LogP contribution in [-0.2, 0) is 24.4 Å². The lowest BCUT2D eigenvalue weighted by atomic mass is 10.1. The molecule has 5 aromatic rings. The minimum absolute atomic E-state index is 0.352. The van der Waals surface area contributed by atoms with Crippen molar-refractivity contribution in [1.29, 1.82) is 0 Å². The van der Waals surface area contributed by atoms with Gasteiger partial charge in [0.2, 0.25) is 0 Å². The van der Waals surface area contributed by atoms with Crippen LogP contribution >= 0.6 is 11.3 Å². The number of aryl methyl sites for hydroxylation is 4. The normalized spacial score (nSPS) is 11.6. The van der Waals surface area contributed by atoms with E-state index in [0.29, 0.717) is 25.2 Å². The van der Waals surface area contributed by atoms with Crippen LogP contribution in [0.15, 0.2) is 72.9 Å². The van der Waals surface area contributed by atoms with Gasteiger partial charge in [-0.1, -0.05) is 35.9 Å². The molecule has 8 heteroatoms. The van der Waals surface area contributed by atoms with Crippen LogP contribution in [0.2, 0.25) is 0 Å². The van der Waals surface area contributed by atoms with Crippen molar-refractivity contribution in [2.24, 2.45) is 0 Å². The van der Waals surface area contributed by atoms with Crippen molar-refractivity contribution in [3.8, 4) is 21.1 Å². The minimum atomic E-state index is -0.579. The maximum absolute atomic E-state index is 12.9. The van der Waals surface area contributed by atoms with E-state index in [4.69, 9.17) is 24.7 Å². The van der Waals surface area contributed by atoms with Gasteiger partial charge < -0.3 is 4.74 Å². The zero-order valence-electron chi connectivity index (χ0n) is 26.5. The lowest BCUT2D eigenvalue weighted by Crippen LogP contribution is -2.26. The van der Waals surface area contributed by atoms with Gasteiger partial charge >= 0.3 is 5.97 Å². The van der Waals surface area contributed by atoms with Gasteiger partial charge in [-0.15, -0.1) is 11.3 Å². The van der Waals surface area contributed by atoms with E-state index in [1.54, 1.807) is 17.4 Å². The van der Waals surface area contributed by atoms with Gasteiger partial charge in [0.1, 0.15) is 10.6 Å². The van der Waals surface area contributed by atoms with Crippen LogP contribution in [0.5, 0.6) is 0 Å². The summed E-state index contributed by atoms with van der Waals surface area (Å²) in [5.74, 6) is -0.352. The topological polar surface area (TPSA) is 81.1 Å². The number of hydrogen-bond donors (Lipinski definition) is 0. The maximum Gasteiger partial charge on any atom is 0.338 e. The predicted octanol–water partition coefficient (Wildman–Crippen LogP) is 8.05. The zero-order chi connectivity index (χ0) is 31.4. The van der Waals surface area contributed by atoms with Gasteiger partial charge in [0.25, 0.3) is 0 Å². The molecule has 0 aliphatic rings. The summed E-state index contributed by atoms with van der Waals surface area (Å²) in [7, 11) is 0. The fraction of sp³-hybridized carbons (Fsp3) is 0.306. The second kappa shape index (κ2) is 13.2. The molecule has 226 valence electrons. The number of pyridine rings is 3. The molecule has 0 bridgehead atoms. The molecule has 0 atom stereocenters. The molecule has 5 rings (SSSR count). The first-order valence-corrected chi connectivity index (χ1v) is 15.6. The molecule has 0 saturated carbocycles. The van der Waals surface area contributed by atoms with E-state index in [1.807, 2.05) is 65.1 Å². The Morgan fingerprint density at radius 1 is 0.773 bits per heavy atom. The van der Waals surface area contributed by atoms with E-state index < -0.39 is 5.60 Å². The molecule has 4 aromatic heterocycles. The monoisotopic (exact) mass is 605 g/mol. The average molecular weight is 606 g/mol.